The fourth-order valence-corrected chi connectivity index (χ4v) is 1.90. The Hall–Kier alpha value is -2.29. The quantitative estimate of drug-likeness (QED) is 0.776. The predicted octanol–water partition coefficient (Wildman–Crippen LogP) is 3.75. The lowest BCUT2D eigenvalue weighted by molar-refractivity contribution is 0.0525. The van der Waals surface area contributed by atoms with Gasteiger partial charge in [0.05, 0.1) is 12.2 Å². The second-order valence-corrected chi connectivity index (χ2v) is 4.47. The summed E-state index contributed by atoms with van der Waals surface area (Å²) in [5, 5.41) is 0. The van der Waals surface area contributed by atoms with Crippen molar-refractivity contribution in [2.75, 3.05) is 6.61 Å². The number of carbonyl (C=O) groups is 1. The third kappa shape index (κ3) is 3.60. The molecule has 0 fully saturated rings. The van der Waals surface area contributed by atoms with E-state index in [4.69, 9.17) is 9.47 Å². The first-order valence-electron chi connectivity index (χ1n) is 6.65. The van der Waals surface area contributed by atoms with Gasteiger partial charge in [0.25, 0.3) is 0 Å². The van der Waals surface area contributed by atoms with E-state index in [1.165, 1.54) is 0 Å². The second kappa shape index (κ2) is 6.75. The number of benzene rings is 2. The highest BCUT2D eigenvalue weighted by Crippen LogP contribution is 2.19. The molecule has 104 valence electrons. The molecule has 0 unspecified atom stereocenters. The van der Waals surface area contributed by atoms with Crippen LogP contribution in [0.25, 0.3) is 0 Å². The molecule has 0 heterocycles. The third-order valence-electron chi connectivity index (χ3n) is 2.94. The topological polar surface area (TPSA) is 35.5 Å². The van der Waals surface area contributed by atoms with Crippen LogP contribution in [0.2, 0.25) is 0 Å². The molecule has 0 saturated heterocycles. The molecule has 0 amide bonds. The molecule has 0 aliphatic rings. The zero-order valence-electron chi connectivity index (χ0n) is 11.8. The molecule has 0 aliphatic carbocycles. The molecular formula is C17H18O3. The number of hydrogen-bond donors (Lipinski definition) is 0. The highest BCUT2D eigenvalue weighted by atomic mass is 16.5. The van der Waals surface area contributed by atoms with Crippen LogP contribution in [0.15, 0.2) is 48.5 Å². The van der Waals surface area contributed by atoms with Gasteiger partial charge in [0.2, 0.25) is 0 Å². The Kier molecular flexibility index (Phi) is 4.77. The van der Waals surface area contributed by atoms with Crippen molar-refractivity contribution in [1.29, 1.82) is 0 Å². The summed E-state index contributed by atoms with van der Waals surface area (Å²) in [4.78, 5) is 11.7. The van der Waals surface area contributed by atoms with Gasteiger partial charge in [0, 0.05) is 0 Å². The van der Waals surface area contributed by atoms with Gasteiger partial charge in [-0.15, -0.1) is 0 Å². The highest BCUT2D eigenvalue weighted by molar-refractivity contribution is 5.91. The Morgan fingerprint density at radius 3 is 2.50 bits per heavy atom. The molecule has 20 heavy (non-hydrogen) atoms. The molecule has 0 bridgehead atoms. The Morgan fingerprint density at radius 2 is 1.85 bits per heavy atom. The van der Waals surface area contributed by atoms with Crippen molar-refractivity contribution in [2.45, 2.75) is 20.5 Å². The number of rotatable bonds is 5. The van der Waals surface area contributed by atoms with Gasteiger partial charge in [-0.25, -0.2) is 4.79 Å². The van der Waals surface area contributed by atoms with Crippen molar-refractivity contribution < 1.29 is 14.3 Å². The molecule has 0 aliphatic heterocycles. The minimum absolute atomic E-state index is 0.292. The molecule has 0 spiro atoms. The van der Waals surface area contributed by atoms with E-state index in [-0.39, 0.29) is 5.97 Å². The summed E-state index contributed by atoms with van der Waals surface area (Å²) in [6, 6.07) is 15.4. The van der Waals surface area contributed by atoms with Gasteiger partial charge in [-0.3, -0.25) is 0 Å². The minimum Gasteiger partial charge on any atom is -0.489 e. The third-order valence-corrected chi connectivity index (χ3v) is 2.94. The molecule has 2 aromatic carbocycles. The molecule has 0 atom stereocenters. The molecule has 2 aromatic rings. The predicted molar refractivity (Wildman–Crippen MR) is 77.9 cm³/mol. The summed E-state index contributed by atoms with van der Waals surface area (Å²) < 4.78 is 10.7. The minimum atomic E-state index is -0.292. The van der Waals surface area contributed by atoms with E-state index in [0.29, 0.717) is 18.8 Å². The number of esters is 1. The number of carbonyl (C=O) groups excluding carboxylic acids is 1. The van der Waals surface area contributed by atoms with Crippen LogP contribution in [-0.4, -0.2) is 12.6 Å². The SMILES string of the molecule is CCOC(=O)c1ccc(OCc2ccccc2)cc1C. The lowest BCUT2D eigenvalue weighted by Crippen LogP contribution is -2.06. The standard InChI is InChI=1S/C17H18O3/c1-3-19-17(18)16-10-9-15(11-13(16)2)20-12-14-7-5-4-6-8-14/h4-11H,3,12H2,1-2H3. The van der Waals surface area contributed by atoms with Gasteiger partial charge in [-0.1, -0.05) is 30.3 Å². The van der Waals surface area contributed by atoms with Crippen molar-refractivity contribution in [3.05, 3.63) is 65.2 Å². The van der Waals surface area contributed by atoms with E-state index >= 15 is 0 Å². The fraction of sp³-hybridized carbons (Fsp3) is 0.235. The van der Waals surface area contributed by atoms with Crippen molar-refractivity contribution >= 4 is 5.97 Å². The van der Waals surface area contributed by atoms with E-state index in [1.54, 1.807) is 19.1 Å². The fourth-order valence-electron chi connectivity index (χ4n) is 1.90. The normalized spacial score (nSPS) is 10.1. The summed E-state index contributed by atoms with van der Waals surface area (Å²) in [5.74, 6) is 0.457. The molecule has 0 aromatic heterocycles. The van der Waals surface area contributed by atoms with Crippen molar-refractivity contribution in [3.8, 4) is 5.75 Å². The first kappa shape index (κ1) is 14.1. The van der Waals surface area contributed by atoms with Gasteiger partial charge in [-0.2, -0.15) is 0 Å². The Bertz CT molecular complexity index is 576. The first-order chi connectivity index (χ1) is 9.70. The Labute approximate surface area is 119 Å². The number of aryl methyl sites for hydroxylation is 1. The van der Waals surface area contributed by atoms with E-state index in [0.717, 1.165) is 16.9 Å². The van der Waals surface area contributed by atoms with Crippen LogP contribution in [0, 0.1) is 6.92 Å². The average Bonchev–Trinajstić information content (AvgIpc) is 2.46. The first-order valence-corrected chi connectivity index (χ1v) is 6.65. The van der Waals surface area contributed by atoms with Crippen molar-refractivity contribution in [2.24, 2.45) is 0 Å². The van der Waals surface area contributed by atoms with Gasteiger partial charge in [-0.05, 0) is 43.2 Å². The van der Waals surface area contributed by atoms with Crippen molar-refractivity contribution in [3.63, 3.8) is 0 Å². The molecule has 3 nitrogen and oxygen atoms in total. The molecule has 0 radical (unpaired) electrons. The van der Waals surface area contributed by atoms with Gasteiger partial charge in [0.1, 0.15) is 12.4 Å². The van der Waals surface area contributed by atoms with Crippen LogP contribution in [0.5, 0.6) is 5.75 Å². The van der Waals surface area contributed by atoms with Crippen molar-refractivity contribution in [1.82, 2.24) is 0 Å². The van der Waals surface area contributed by atoms with Crippen LogP contribution in [-0.2, 0) is 11.3 Å². The summed E-state index contributed by atoms with van der Waals surface area (Å²) in [6.45, 7) is 4.57. The molecular weight excluding hydrogens is 252 g/mol. The Morgan fingerprint density at radius 1 is 1.10 bits per heavy atom. The summed E-state index contributed by atoms with van der Waals surface area (Å²) in [5.41, 5.74) is 2.55. The van der Waals surface area contributed by atoms with E-state index in [1.807, 2.05) is 43.3 Å². The summed E-state index contributed by atoms with van der Waals surface area (Å²) in [6.07, 6.45) is 0. The summed E-state index contributed by atoms with van der Waals surface area (Å²) in [7, 11) is 0. The van der Waals surface area contributed by atoms with Crippen LogP contribution in [0.1, 0.15) is 28.4 Å². The average molecular weight is 270 g/mol. The maximum Gasteiger partial charge on any atom is 0.338 e. The lowest BCUT2D eigenvalue weighted by atomic mass is 10.1. The van der Waals surface area contributed by atoms with Crippen LogP contribution < -0.4 is 4.74 Å². The summed E-state index contributed by atoms with van der Waals surface area (Å²) >= 11 is 0. The van der Waals surface area contributed by atoms with E-state index in [9.17, 15) is 4.79 Å². The van der Waals surface area contributed by atoms with E-state index in [2.05, 4.69) is 0 Å². The maximum absolute atomic E-state index is 11.7. The molecule has 0 saturated carbocycles. The van der Waals surface area contributed by atoms with Crippen LogP contribution in [0.3, 0.4) is 0 Å². The maximum atomic E-state index is 11.7. The van der Waals surface area contributed by atoms with Gasteiger partial charge < -0.3 is 9.47 Å². The molecule has 3 heteroatoms. The lowest BCUT2D eigenvalue weighted by Gasteiger charge is -2.09. The number of ether oxygens (including phenoxy) is 2. The number of hydrogen-bond acceptors (Lipinski definition) is 3. The van der Waals surface area contributed by atoms with Crippen LogP contribution >= 0.6 is 0 Å². The zero-order chi connectivity index (χ0) is 14.4. The zero-order valence-corrected chi connectivity index (χ0v) is 11.8. The van der Waals surface area contributed by atoms with Gasteiger partial charge in [0.15, 0.2) is 0 Å². The molecule has 0 N–H and O–H groups in total. The largest absolute Gasteiger partial charge is 0.489 e. The second-order valence-electron chi connectivity index (χ2n) is 4.47. The Balaban J connectivity index is 2.04. The smallest absolute Gasteiger partial charge is 0.338 e. The molecule has 2 rings (SSSR count). The monoisotopic (exact) mass is 270 g/mol. The van der Waals surface area contributed by atoms with E-state index < -0.39 is 0 Å². The van der Waals surface area contributed by atoms with Gasteiger partial charge >= 0.3 is 5.97 Å². The van der Waals surface area contributed by atoms with Crippen LogP contribution in [0.4, 0.5) is 0 Å². The highest BCUT2D eigenvalue weighted by Gasteiger charge is 2.10.